The number of benzene rings is 1. The molecule has 1 amide bonds. The van der Waals surface area contributed by atoms with E-state index < -0.39 is 10.0 Å². The molecule has 0 N–H and O–H groups in total. The Hall–Kier alpha value is -2.26. The van der Waals surface area contributed by atoms with Crippen LogP contribution in [0.4, 0.5) is 0 Å². The van der Waals surface area contributed by atoms with E-state index in [1.54, 1.807) is 28.0 Å². The zero-order valence-electron chi connectivity index (χ0n) is 15.9. The predicted octanol–water partition coefficient (Wildman–Crippen LogP) is 1.06. The Balaban J connectivity index is 1.62. The first-order valence-electron chi connectivity index (χ1n) is 8.97. The number of piperazine rings is 1. The maximum Gasteiger partial charge on any atom is 0.243 e. The van der Waals surface area contributed by atoms with Crippen molar-refractivity contribution in [3.8, 4) is 0 Å². The van der Waals surface area contributed by atoms with Crippen molar-refractivity contribution in [2.24, 2.45) is 5.92 Å². The van der Waals surface area contributed by atoms with Gasteiger partial charge in [0.2, 0.25) is 15.9 Å². The Kier molecular flexibility index (Phi) is 5.61. The molecule has 27 heavy (non-hydrogen) atoms. The molecule has 8 nitrogen and oxygen atoms in total. The molecule has 1 aromatic heterocycles. The van der Waals surface area contributed by atoms with Crippen molar-refractivity contribution < 1.29 is 13.2 Å². The molecule has 2 heterocycles. The zero-order chi connectivity index (χ0) is 19.6. The first kappa shape index (κ1) is 19.5. The molecule has 1 atom stereocenters. The molecule has 1 fully saturated rings. The number of rotatable bonds is 5. The maximum atomic E-state index is 12.9. The minimum atomic E-state index is -3.54. The number of aromatic nitrogens is 3. The fourth-order valence-corrected chi connectivity index (χ4v) is 4.68. The standard InChI is InChI=1S/C18H25N5O3S/c1-14-4-5-17(10-15(14)2)27(25,26)23-8-6-21(7-9-23)18(24)16(3)11-22-13-19-12-20-22/h4-5,10,12-13,16H,6-9,11H2,1-3H3/t16-/m1/s1. The van der Waals surface area contributed by atoms with Gasteiger partial charge < -0.3 is 4.90 Å². The topological polar surface area (TPSA) is 88.4 Å². The highest BCUT2D eigenvalue weighted by Gasteiger charge is 2.31. The van der Waals surface area contributed by atoms with Gasteiger partial charge in [0.05, 0.1) is 17.4 Å². The summed E-state index contributed by atoms with van der Waals surface area (Å²) in [4.78, 5) is 18.5. The van der Waals surface area contributed by atoms with Crippen molar-refractivity contribution in [3.05, 3.63) is 42.0 Å². The number of sulfonamides is 1. The Bertz CT molecular complexity index is 903. The van der Waals surface area contributed by atoms with Crippen LogP contribution in [0.3, 0.4) is 0 Å². The molecule has 1 aliphatic rings. The summed E-state index contributed by atoms with van der Waals surface area (Å²) in [5.41, 5.74) is 2.01. The van der Waals surface area contributed by atoms with Crippen LogP contribution in [-0.2, 0) is 21.4 Å². The van der Waals surface area contributed by atoms with Crippen molar-refractivity contribution in [2.45, 2.75) is 32.2 Å². The number of aryl methyl sites for hydroxylation is 2. The van der Waals surface area contributed by atoms with E-state index in [1.807, 2.05) is 26.8 Å². The molecule has 0 unspecified atom stereocenters. The monoisotopic (exact) mass is 391 g/mol. The second kappa shape index (κ2) is 7.77. The summed E-state index contributed by atoms with van der Waals surface area (Å²) in [7, 11) is -3.54. The number of nitrogens with zero attached hydrogens (tertiary/aromatic N) is 5. The van der Waals surface area contributed by atoms with Crippen LogP contribution in [-0.4, -0.2) is 64.5 Å². The minimum Gasteiger partial charge on any atom is -0.340 e. The van der Waals surface area contributed by atoms with E-state index in [4.69, 9.17) is 0 Å². The lowest BCUT2D eigenvalue weighted by Crippen LogP contribution is -2.52. The second-order valence-electron chi connectivity index (χ2n) is 6.99. The molecular weight excluding hydrogens is 366 g/mol. The second-order valence-corrected chi connectivity index (χ2v) is 8.93. The summed E-state index contributed by atoms with van der Waals surface area (Å²) >= 11 is 0. The molecule has 146 valence electrons. The lowest BCUT2D eigenvalue weighted by molar-refractivity contribution is -0.136. The van der Waals surface area contributed by atoms with E-state index in [2.05, 4.69) is 10.1 Å². The van der Waals surface area contributed by atoms with Crippen LogP contribution < -0.4 is 0 Å². The van der Waals surface area contributed by atoms with E-state index in [-0.39, 0.29) is 11.8 Å². The average molecular weight is 391 g/mol. The van der Waals surface area contributed by atoms with Gasteiger partial charge in [0.1, 0.15) is 12.7 Å². The predicted molar refractivity (Wildman–Crippen MR) is 100 cm³/mol. The van der Waals surface area contributed by atoms with Crippen molar-refractivity contribution in [1.29, 1.82) is 0 Å². The van der Waals surface area contributed by atoms with Crippen LogP contribution in [0.1, 0.15) is 18.1 Å². The summed E-state index contributed by atoms with van der Waals surface area (Å²) in [5.74, 6) is -0.233. The van der Waals surface area contributed by atoms with E-state index in [9.17, 15) is 13.2 Å². The lowest BCUT2D eigenvalue weighted by atomic mass is 10.1. The molecule has 0 bridgehead atoms. The number of carbonyl (C=O) groups excluding carboxylic acids is 1. The molecule has 9 heteroatoms. The van der Waals surface area contributed by atoms with Crippen LogP contribution in [0.2, 0.25) is 0 Å². The number of carbonyl (C=O) groups is 1. The minimum absolute atomic E-state index is 0.00808. The van der Waals surface area contributed by atoms with Gasteiger partial charge in [0.25, 0.3) is 0 Å². The van der Waals surface area contributed by atoms with Crippen molar-refractivity contribution in [2.75, 3.05) is 26.2 Å². The lowest BCUT2D eigenvalue weighted by Gasteiger charge is -2.35. The normalized spacial score (nSPS) is 17.1. The summed E-state index contributed by atoms with van der Waals surface area (Å²) in [6, 6.07) is 5.19. The van der Waals surface area contributed by atoms with Crippen LogP contribution in [0, 0.1) is 19.8 Å². The molecule has 0 radical (unpaired) electrons. The van der Waals surface area contributed by atoms with E-state index in [0.29, 0.717) is 37.6 Å². The first-order chi connectivity index (χ1) is 12.8. The third kappa shape index (κ3) is 4.19. The van der Waals surface area contributed by atoms with Crippen LogP contribution in [0.25, 0.3) is 0 Å². The fraction of sp³-hybridized carbons (Fsp3) is 0.500. The van der Waals surface area contributed by atoms with E-state index in [0.717, 1.165) is 11.1 Å². The van der Waals surface area contributed by atoms with Gasteiger partial charge in [-0.2, -0.15) is 9.40 Å². The van der Waals surface area contributed by atoms with Gasteiger partial charge in [-0.3, -0.25) is 9.48 Å². The largest absolute Gasteiger partial charge is 0.340 e. The summed E-state index contributed by atoms with van der Waals surface area (Å²) < 4.78 is 28.8. The third-order valence-corrected chi connectivity index (χ3v) is 6.91. The average Bonchev–Trinajstić information content (AvgIpc) is 3.16. The Morgan fingerprint density at radius 2 is 1.85 bits per heavy atom. The summed E-state index contributed by atoms with van der Waals surface area (Å²) in [6.45, 7) is 7.56. The number of hydrogen-bond donors (Lipinski definition) is 0. The maximum absolute atomic E-state index is 12.9. The van der Waals surface area contributed by atoms with Gasteiger partial charge >= 0.3 is 0 Å². The van der Waals surface area contributed by atoms with Crippen molar-refractivity contribution in [3.63, 3.8) is 0 Å². The molecule has 1 aromatic carbocycles. The summed E-state index contributed by atoms with van der Waals surface area (Å²) in [5, 5.41) is 4.02. The van der Waals surface area contributed by atoms with Gasteiger partial charge in [-0.05, 0) is 37.1 Å². The molecule has 2 aromatic rings. The Morgan fingerprint density at radius 3 is 2.44 bits per heavy atom. The molecular formula is C18H25N5O3S. The van der Waals surface area contributed by atoms with Crippen molar-refractivity contribution in [1.82, 2.24) is 24.0 Å². The number of amides is 1. The Labute approximate surface area is 159 Å². The highest BCUT2D eigenvalue weighted by molar-refractivity contribution is 7.89. The van der Waals surface area contributed by atoms with Gasteiger partial charge in [-0.25, -0.2) is 13.4 Å². The number of hydrogen-bond acceptors (Lipinski definition) is 5. The molecule has 1 saturated heterocycles. The van der Waals surface area contributed by atoms with Gasteiger partial charge in [0, 0.05) is 26.2 Å². The molecule has 3 rings (SSSR count). The van der Waals surface area contributed by atoms with Gasteiger partial charge in [-0.1, -0.05) is 13.0 Å². The smallest absolute Gasteiger partial charge is 0.243 e. The van der Waals surface area contributed by atoms with Gasteiger partial charge in [-0.15, -0.1) is 0 Å². The van der Waals surface area contributed by atoms with E-state index >= 15 is 0 Å². The van der Waals surface area contributed by atoms with Crippen LogP contribution in [0.5, 0.6) is 0 Å². The SMILES string of the molecule is Cc1ccc(S(=O)(=O)N2CCN(C(=O)[C@H](C)Cn3cncn3)CC2)cc1C. The highest BCUT2D eigenvalue weighted by atomic mass is 32.2. The Morgan fingerprint density at radius 1 is 1.15 bits per heavy atom. The van der Waals surface area contributed by atoms with Crippen molar-refractivity contribution >= 4 is 15.9 Å². The molecule has 1 aliphatic heterocycles. The van der Waals surface area contributed by atoms with Crippen LogP contribution >= 0.6 is 0 Å². The molecule has 0 saturated carbocycles. The fourth-order valence-electron chi connectivity index (χ4n) is 3.17. The quantitative estimate of drug-likeness (QED) is 0.761. The zero-order valence-corrected chi connectivity index (χ0v) is 16.7. The first-order valence-corrected chi connectivity index (χ1v) is 10.4. The molecule has 0 spiro atoms. The summed E-state index contributed by atoms with van der Waals surface area (Å²) in [6.07, 6.45) is 3.02. The third-order valence-electron chi connectivity index (χ3n) is 5.02. The highest BCUT2D eigenvalue weighted by Crippen LogP contribution is 2.21. The van der Waals surface area contributed by atoms with E-state index in [1.165, 1.54) is 10.6 Å². The van der Waals surface area contributed by atoms with Crippen LogP contribution in [0.15, 0.2) is 35.7 Å². The molecule has 0 aliphatic carbocycles. The van der Waals surface area contributed by atoms with Gasteiger partial charge in [0.15, 0.2) is 0 Å².